The number of piperazine rings is 1. The number of hydrogen-bond donors (Lipinski definition) is 1. The van der Waals surface area contributed by atoms with Crippen LogP contribution in [0.1, 0.15) is 13.8 Å². The van der Waals surface area contributed by atoms with Crippen LogP contribution in [0.2, 0.25) is 0 Å². The van der Waals surface area contributed by atoms with Gasteiger partial charge >= 0.3 is 0 Å². The van der Waals surface area contributed by atoms with Crippen molar-refractivity contribution in [2.24, 2.45) is 0 Å². The zero-order valence-corrected chi connectivity index (χ0v) is 9.76. The fraction of sp³-hybridized carbons (Fsp3) is 0.417. The van der Waals surface area contributed by atoms with Crippen molar-refractivity contribution in [3.63, 3.8) is 0 Å². The molecule has 0 unspecified atom stereocenters. The van der Waals surface area contributed by atoms with Crippen LogP contribution in [0.3, 0.4) is 0 Å². The van der Waals surface area contributed by atoms with Gasteiger partial charge in [0.25, 0.3) is 0 Å². The van der Waals surface area contributed by atoms with Crippen LogP contribution in [0.15, 0.2) is 18.2 Å². The summed E-state index contributed by atoms with van der Waals surface area (Å²) in [7, 11) is 0. The molecule has 0 bridgehead atoms. The first-order chi connectivity index (χ1) is 7.91. The third kappa shape index (κ3) is 2.29. The molecular weight excluding hydrogens is 226 g/mol. The van der Waals surface area contributed by atoms with Gasteiger partial charge in [-0.15, -0.1) is 0 Å². The lowest BCUT2D eigenvalue weighted by Gasteiger charge is -2.38. The third-order valence-electron chi connectivity index (χ3n) is 2.79. The van der Waals surface area contributed by atoms with Gasteiger partial charge in [0, 0.05) is 12.1 Å². The zero-order chi connectivity index (χ0) is 12.6. The van der Waals surface area contributed by atoms with Gasteiger partial charge in [-0.1, -0.05) is 6.07 Å². The number of carbonyl (C=O) groups excluding carboxylic acids is 1. The van der Waals surface area contributed by atoms with E-state index in [0.29, 0.717) is 6.54 Å². The molecule has 2 rings (SSSR count). The standard InChI is InChI=1S/C12H14F2N2O/c1-12(2)7-16(10(17)6-15-12)9-5-3-4-8(13)11(9)14/h3-5,15H,6-7H2,1-2H3. The number of carbonyl (C=O) groups is 1. The molecule has 0 saturated carbocycles. The van der Waals surface area contributed by atoms with Gasteiger partial charge in [-0.3, -0.25) is 4.79 Å². The van der Waals surface area contributed by atoms with E-state index in [4.69, 9.17) is 0 Å². The molecule has 1 aromatic carbocycles. The normalized spacial score (nSPS) is 19.5. The minimum Gasteiger partial charge on any atom is -0.307 e. The Morgan fingerprint density at radius 2 is 2.06 bits per heavy atom. The van der Waals surface area contributed by atoms with Crippen LogP contribution in [-0.2, 0) is 4.79 Å². The van der Waals surface area contributed by atoms with Crippen molar-refractivity contribution in [3.8, 4) is 0 Å². The van der Waals surface area contributed by atoms with Crippen LogP contribution in [0.25, 0.3) is 0 Å². The highest BCUT2D eigenvalue weighted by Crippen LogP contribution is 2.25. The Balaban J connectivity index is 2.38. The summed E-state index contributed by atoms with van der Waals surface area (Å²) < 4.78 is 26.7. The van der Waals surface area contributed by atoms with Crippen molar-refractivity contribution in [3.05, 3.63) is 29.8 Å². The Kier molecular flexibility index (Phi) is 2.87. The fourth-order valence-corrected chi connectivity index (χ4v) is 1.87. The molecule has 5 heteroatoms. The Morgan fingerprint density at radius 3 is 2.76 bits per heavy atom. The van der Waals surface area contributed by atoms with Crippen molar-refractivity contribution in [2.45, 2.75) is 19.4 Å². The number of amides is 1. The fourth-order valence-electron chi connectivity index (χ4n) is 1.87. The predicted octanol–water partition coefficient (Wildman–Crippen LogP) is 1.68. The van der Waals surface area contributed by atoms with E-state index < -0.39 is 11.6 Å². The second kappa shape index (κ2) is 4.07. The van der Waals surface area contributed by atoms with E-state index in [1.807, 2.05) is 13.8 Å². The van der Waals surface area contributed by atoms with Gasteiger partial charge in [0.15, 0.2) is 11.6 Å². The van der Waals surface area contributed by atoms with Crippen molar-refractivity contribution in [1.82, 2.24) is 5.32 Å². The van der Waals surface area contributed by atoms with Crippen molar-refractivity contribution >= 4 is 11.6 Å². The molecule has 0 aromatic heterocycles. The van der Waals surface area contributed by atoms with E-state index in [0.717, 1.165) is 6.07 Å². The van der Waals surface area contributed by atoms with Crippen molar-refractivity contribution < 1.29 is 13.6 Å². The summed E-state index contributed by atoms with van der Waals surface area (Å²) in [6, 6.07) is 3.85. The van der Waals surface area contributed by atoms with Crippen LogP contribution in [0.4, 0.5) is 14.5 Å². The minimum atomic E-state index is -0.974. The minimum absolute atomic E-state index is 0.00424. The summed E-state index contributed by atoms with van der Waals surface area (Å²) in [5, 5.41) is 3.03. The van der Waals surface area contributed by atoms with E-state index in [-0.39, 0.29) is 23.7 Å². The quantitative estimate of drug-likeness (QED) is 0.810. The monoisotopic (exact) mass is 240 g/mol. The lowest BCUT2D eigenvalue weighted by Crippen LogP contribution is -2.60. The molecule has 92 valence electrons. The van der Waals surface area contributed by atoms with Gasteiger partial charge in [0.05, 0.1) is 12.2 Å². The maximum atomic E-state index is 13.6. The van der Waals surface area contributed by atoms with Gasteiger partial charge in [-0.2, -0.15) is 0 Å². The summed E-state index contributed by atoms with van der Waals surface area (Å²) in [6.45, 7) is 4.25. The molecule has 1 saturated heterocycles. The average Bonchev–Trinajstić information content (AvgIpc) is 2.26. The number of anilines is 1. The number of nitrogens with zero attached hydrogens (tertiary/aromatic N) is 1. The Hall–Kier alpha value is -1.49. The highest BCUT2D eigenvalue weighted by molar-refractivity contribution is 5.96. The van der Waals surface area contributed by atoms with Crippen LogP contribution in [0.5, 0.6) is 0 Å². The molecule has 0 aliphatic carbocycles. The van der Waals surface area contributed by atoms with Gasteiger partial charge in [-0.25, -0.2) is 8.78 Å². The lowest BCUT2D eigenvalue weighted by molar-refractivity contribution is -0.119. The smallest absolute Gasteiger partial charge is 0.241 e. The first kappa shape index (κ1) is 12.0. The van der Waals surface area contributed by atoms with Gasteiger partial charge in [0.2, 0.25) is 5.91 Å². The van der Waals surface area contributed by atoms with Gasteiger partial charge in [0.1, 0.15) is 0 Å². The number of rotatable bonds is 1. The molecule has 1 N–H and O–H groups in total. The number of benzene rings is 1. The van der Waals surface area contributed by atoms with E-state index in [2.05, 4.69) is 5.32 Å². The van der Waals surface area contributed by atoms with Crippen molar-refractivity contribution in [1.29, 1.82) is 0 Å². The Morgan fingerprint density at radius 1 is 1.35 bits per heavy atom. The summed E-state index contributed by atoms with van der Waals surface area (Å²) in [4.78, 5) is 13.0. The summed E-state index contributed by atoms with van der Waals surface area (Å²) in [5.41, 5.74) is -0.309. The predicted molar refractivity (Wildman–Crippen MR) is 60.8 cm³/mol. The lowest BCUT2D eigenvalue weighted by atomic mass is 10.0. The van der Waals surface area contributed by atoms with E-state index in [9.17, 15) is 13.6 Å². The maximum Gasteiger partial charge on any atom is 0.241 e. The summed E-state index contributed by atoms with van der Waals surface area (Å²) >= 11 is 0. The summed E-state index contributed by atoms with van der Waals surface area (Å²) in [6.07, 6.45) is 0. The van der Waals surface area contributed by atoms with Crippen LogP contribution < -0.4 is 10.2 Å². The van der Waals surface area contributed by atoms with E-state index >= 15 is 0 Å². The molecule has 17 heavy (non-hydrogen) atoms. The highest BCUT2D eigenvalue weighted by Gasteiger charge is 2.33. The maximum absolute atomic E-state index is 13.6. The third-order valence-corrected chi connectivity index (χ3v) is 2.79. The number of hydrogen-bond acceptors (Lipinski definition) is 2. The van der Waals surface area contributed by atoms with Gasteiger partial charge in [-0.05, 0) is 26.0 Å². The number of nitrogens with one attached hydrogen (secondary N) is 1. The van der Waals surface area contributed by atoms with Crippen LogP contribution in [-0.4, -0.2) is 24.5 Å². The molecule has 0 atom stereocenters. The van der Waals surface area contributed by atoms with Crippen LogP contribution in [0, 0.1) is 11.6 Å². The van der Waals surface area contributed by atoms with Crippen molar-refractivity contribution in [2.75, 3.05) is 18.0 Å². The largest absolute Gasteiger partial charge is 0.307 e. The molecule has 1 amide bonds. The summed E-state index contributed by atoms with van der Waals surface area (Å²) in [5.74, 6) is -2.17. The molecule has 1 aliphatic heterocycles. The average molecular weight is 240 g/mol. The Bertz CT molecular complexity index is 460. The van der Waals surface area contributed by atoms with E-state index in [1.54, 1.807) is 0 Å². The van der Waals surface area contributed by atoms with Crippen LogP contribution >= 0.6 is 0 Å². The zero-order valence-electron chi connectivity index (χ0n) is 9.76. The SMILES string of the molecule is CC1(C)CN(c2cccc(F)c2F)C(=O)CN1. The number of halogens is 2. The van der Waals surface area contributed by atoms with Gasteiger partial charge < -0.3 is 10.2 Å². The molecule has 1 fully saturated rings. The Labute approximate surface area is 98.4 Å². The highest BCUT2D eigenvalue weighted by atomic mass is 19.2. The molecular formula is C12H14F2N2O. The topological polar surface area (TPSA) is 32.3 Å². The molecule has 0 radical (unpaired) electrons. The molecule has 3 nitrogen and oxygen atoms in total. The molecule has 0 spiro atoms. The molecule has 1 aliphatic rings. The first-order valence-corrected chi connectivity index (χ1v) is 5.40. The molecule has 1 heterocycles. The van der Waals surface area contributed by atoms with E-state index in [1.165, 1.54) is 17.0 Å². The first-order valence-electron chi connectivity index (χ1n) is 5.40. The second-order valence-electron chi connectivity index (χ2n) is 4.79. The molecule has 1 aromatic rings. The second-order valence-corrected chi connectivity index (χ2v) is 4.79.